The molecule has 1 aliphatic carbocycles. The molecule has 1 saturated carbocycles. The van der Waals surface area contributed by atoms with E-state index in [0.29, 0.717) is 18.8 Å². The monoisotopic (exact) mass is 383 g/mol. The van der Waals surface area contributed by atoms with Crippen molar-refractivity contribution >= 4 is 21.6 Å². The molecule has 0 amide bonds. The van der Waals surface area contributed by atoms with Crippen LogP contribution in [0.1, 0.15) is 41.8 Å². The summed E-state index contributed by atoms with van der Waals surface area (Å²) in [5.74, 6) is 0.495. The Balaban J connectivity index is 1.69. The van der Waals surface area contributed by atoms with Crippen molar-refractivity contribution in [3.63, 3.8) is 0 Å². The fraction of sp³-hybridized carbons (Fsp3) is 0.500. The van der Waals surface area contributed by atoms with Crippen LogP contribution in [0.4, 0.5) is 0 Å². The Hall–Kier alpha value is -2.14. The highest BCUT2D eigenvalue weighted by Crippen LogP contribution is 2.58. The van der Waals surface area contributed by atoms with Gasteiger partial charge in [0.25, 0.3) is 0 Å². The van der Waals surface area contributed by atoms with Gasteiger partial charge in [-0.2, -0.15) is 5.26 Å². The fourth-order valence-corrected chi connectivity index (χ4v) is 6.29. The van der Waals surface area contributed by atoms with Crippen LogP contribution in [0.3, 0.4) is 0 Å². The molecular formula is C20H21N3O3S. The number of nitrogens with zero attached hydrogens (tertiary/aromatic N) is 2. The molecule has 0 aromatic carbocycles. The fourth-order valence-electron chi connectivity index (χ4n) is 4.81. The number of nitriles is 1. The number of hydrogen-bond donors (Lipinski definition) is 1. The normalized spacial score (nSPS) is 22.9. The van der Waals surface area contributed by atoms with E-state index in [4.69, 9.17) is 24.9 Å². The molecule has 140 valence electrons. The van der Waals surface area contributed by atoms with Crippen molar-refractivity contribution in [2.24, 2.45) is 5.73 Å². The maximum atomic E-state index is 9.89. The highest BCUT2D eigenvalue weighted by Gasteiger charge is 2.53. The summed E-state index contributed by atoms with van der Waals surface area (Å²) in [6.07, 6.45) is 2.98. The third-order valence-electron chi connectivity index (χ3n) is 6.11. The Morgan fingerprint density at radius 2 is 1.89 bits per heavy atom. The summed E-state index contributed by atoms with van der Waals surface area (Å²) in [4.78, 5) is 6.72. The molecule has 0 bridgehead atoms. The van der Waals surface area contributed by atoms with Crippen LogP contribution in [0.2, 0.25) is 0 Å². The number of aromatic nitrogens is 1. The number of hydrogen-bond acceptors (Lipinski definition) is 7. The van der Waals surface area contributed by atoms with Crippen LogP contribution < -0.4 is 10.5 Å². The van der Waals surface area contributed by atoms with Gasteiger partial charge in [0.2, 0.25) is 5.88 Å². The molecule has 3 aliphatic rings. The van der Waals surface area contributed by atoms with E-state index < -0.39 is 11.2 Å². The van der Waals surface area contributed by atoms with Crippen LogP contribution in [0.25, 0.3) is 10.2 Å². The Morgan fingerprint density at radius 1 is 1.19 bits per heavy atom. The van der Waals surface area contributed by atoms with Crippen molar-refractivity contribution in [1.82, 2.24) is 4.98 Å². The maximum absolute atomic E-state index is 9.89. The minimum atomic E-state index is -0.500. The number of nitrogens with two attached hydrogens (primary N) is 1. The van der Waals surface area contributed by atoms with Crippen molar-refractivity contribution in [3.05, 3.63) is 33.7 Å². The Kier molecular flexibility index (Phi) is 3.57. The van der Waals surface area contributed by atoms with Gasteiger partial charge in [0.1, 0.15) is 16.5 Å². The molecule has 2 aromatic heterocycles. The molecule has 2 N–H and O–H groups in total. The average molecular weight is 383 g/mol. The first-order chi connectivity index (χ1) is 13.0. The zero-order valence-corrected chi connectivity index (χ0v) is 16.2. The van der Waals surface area contributed by atoms with Gasteiger partial charge >= 0.3 is 0 Å². The number of pyridine rings is 1. The molecule has 0 unspecified atom stereocenters. The lowest BCUT2D eigenvalue weighted by atomic mass is 9.66. The Labute approximate surface area is 161 Å². The summed E-state index contributed by atoms with van der Waals surface area (Å²) in [6, 6.07) is 4.40. The van der Waals surface area contributed by atoms with Crippen LogP contribution in [0, 0.1) is 25.2 Å². The number of fused-ring (bicyclic) bond motifs is 4. The van der Waals surface area contributed by atoms with E-state index in [-0.39, 0.29) is 5.88 Å². The zero-order valence-electron chi connectivity index (χ0n) is 15.4. The van der Waals surface area contributed by atoms with E-state index in [1.165, 1.54) is 0 Å². The lowest BCUT2D eigenvalue weighted by Gasteiger charge is -2.44. The molecule has 6 nitrogen and oxygen atoms in total. The highest BCUT2D eigenvalue weighted by molar-refractivity contribution is 7.19. The molecule has 1 saturated heterocycles. The molecule has 27 heavy (non-hydrogen) atoms. The standard InChI is InChI=1S/C20H21N3O3S/c1-11-9-12(2)23-18-14(11)15-16(27-18)19(13(10-21)17(22)26-15)3-5-20(6-4-19)24-7-8-25-20/h9H,3-8,22H2,1-2H3. The van der Waals surface area contributed by atoms with Crippen molar-refractivity contribution in [1.29, 1.82) is 5.26 Å². The smallest absolute Gasteiger partial charge is 0.205 e. The first-order valence-corrected chi connectivity index (χ1v) is 10.1. The van der Waals surface area contributed by atoms with Gasteiger partial charge in [-0.25, -0.2) is 4.98 Å². The number of ether oxygens (including phenoxy) is 3. The second kappa shape index (κ2) is 5.68. The number of rotatable bonds is 0. The lowest BCUT2D eigenvalue weighted by molar-refractivity contribution is -0.183. The number of allylic oxidation sites excluding steroid dienone is 1. The van der Waals surface area contributed by atoms with E-state index in [2.05, 4.69) is 19.1 Å². The van der Waals surface area contributed by atoms with Crippen molar-refractivity contribution in [2.45, 2.75) is 50.7 Å². The van der Waals surface area contributed by atoms with Crippen LogP contribution in [0.15, 0.2) is 17.5 Å². The average Bonchev–Trinajstić information content (AvgIpc) is 3.23. The van der Waals surface area contributed by atoms with Crippen LogP contribution in [-0.2, 0) is 14.9 Å². The van der Waals surface area contributed by atoms with Gasteiger partial charge in [-0.05, 0) is 38.3 Å². The van der Waals surface area contributed by atoms with E-state index >= 15 is 0 Å². The highest BCUT2D eigenvalue weighted by atomic mass is 32.1. The second-order valence-corrected chi connectivity index (χ2v) is 8.66. The molecule has 4 heterocycles. The molecule has 2 aliphatic heterocycles. The van der Waals surface area contributed by atoms with Crippen molar-refractivity contribution in [2.75, 3.05) is 13.2 Å². The molecule has 0 atom stereocenters. The summed E-state index contributed by atoms with van der Waals surface area (Å²) in [5.41, 5.74) is 8.42. The van der Waals surface area contributed by atoms with Gasteiger partial charge in [-0.15, -0.1) is 11.3 Å². The van der Waals surface area contributed by atoms with E-state index in [9.17, 15) is 5.26 Å². The number of aryl methyl sites for hydroxylation is 2. The minimum absolute atomic E-state index is 0.217. The predicted octanol–water partition coefficient (Wildman–Crippen LogP) is 3.55. The molecule has 2 spiro atoms. The molecule has 2 fully saturated rings. The van der Waals surface area contributed by atoms with Gasteiger partial charge in [0, 0.05) is 24.0 Å². The molecule has 2 aromatic rings. The molecule has 5 rings (SSSR count). The van der Waals surface area contributed by atoms with E-state index in [1.807, 2.05) is 6.92 Å². The first-order valence-electron chi connectivity index (χ1n) is 9.25. The third-order valence-corrected chi connectivity index (χ3v) is 7.37. The van der Waals surface area contributed by atoms with Gasteiger partial charge in [0.15, 0.2) is 11.5 Å². The lowest BCUT2D eigenvalue weighted by Crippen LogP contribution is -2.44. The van der Waals surface area contributed by atoms with Gasteiger partial charge < -0.3 is 19.9 Å². The topological polar surface area (TPSA) is 90.4 Å². The molecule has 7 heteroatoms. The van der Waals surface area contributed by atoms with Crippen LogP contribution in [-0.4, -0.2) is 24.0 Å². The van der Waals surface area contributed by atoms with E-state index in [1.54, 1.807) is 11.3 Å². The first kappa shape index (κ1) is 17.0. The van der Waals surface area contributed by atoms with Crippen molar-refractivity contribution in [3.8, 4) is 11.8 Å². The summed E-state index contributed by atoms with van der Waals surface area (Å²) in [6.45, 7) is 5.33. The van der Waals surface area contributed by atoms with Gasteiger partial charge in [-0.3, -0.25) is 0 Å². The number of thiophene rings is 1. The zero-order chi connectivity index (χ0) is 18.8. The Bertz CT molecular complexity index is 1020. The largest absolute Gasteiger partial charge is 0.439 e. The Morgan fingerprint density at radius 3 is 2.56 bits per heavy atom. The minimum Gasteiger partial charge on any atom is -0.439 e. The molecular weight excluding hydrogens is 362 g/mol. The quantitative estimate of drug-likeness (QED) is 0.748. The third kappa shape index (κ3) is 2.27. The SMILES string of the molecule is Cc1cc(C)c2c3c(sc2n1)C1(CCC2(CC1)OCCO2)C(C#N)=C(N)O3. The maximum Gasteiger partial charge on any atom is 0.205 e. The second-order valence-electron chi connectivity index (χ2n) is 7.66. The molecule has 0 radical (unpaired) electrons. The van der Waals surface area contributed by atoms with Gasteiger partial charge in [-0.1, -0.05) is 0 Å². The summed E-state index contributed by atoms with van der Waals surface area (Å²) in [7, 11) is 0. The van der Waals surface area contributed by atoms with Crippen LogP contribution >= 0.6 is 11.3 Å². The summed E-state index contributed by atoms with van der Waals surface area (Å²) in [5, 5.41) is 10.9. The summed E-state index contributed by atoms with van der Waals surface area (Å²) < 4.78 is 17.8. The van der Waals surface area contributed by atoms with Gasteiger partial charge in [0.05, 0.1) is 23.5 Å². The van der Waals surface area contributed by atoms with Crippen molar-refractivity contribution < 1.29 is 14.2 Å². The summed E-state index contributed by atoms with van der Waals surface area (Å²) >= 11 is 1.63. The predicted molar refractivity (Wildman–Crippen MR) is 101 cm³/mol. The van der Waals surface area contributed by atoms with E-state index in [0.717, 1.165) is 57.8 Å². The van der Waals surface area contributed by atoms with Crippen LogP contribution in [0.5, 0.6) is 5.75 Å².